The van der Waals surface area contributed by atoms with Gasteiger partial charge in [0, 0.05) is 17.6 Å². The van der Waals surface area contributed by atoms with E-state index in [9.17, 15) is 0 Å². The number of hydrogen-bond acceptors (Lipinski definition) is 8. The van der Waals surface area contributed by atoms with Gasteiger partial charge in [0.05, 0.1) is 25.6 Å². The van der Waals surface area contributed by atoms with E-state index < -0.39 is 0 Å². The van der Waals surface area contributed by atoms with Gasteiger partial charge in [0.15, 0.2) is 11.5 Å². The summed E-state index contributed by atoms with van der Waals surface area (Å²) in [6.45, 7) is 6.87. The number of thiazole rings is 1. The summed E-state index contributed by atoms with van der Waals surface area (Å²) >= 11 is 1.43. The van der Waals surface area contributed by atoms with Gasteiger partial charge in [-0.15, -0.1) is 11.3 Å². The number of pyridine rings is 1. The van der Waals surface area contributed by atoms with Crippen LogP contribution >= 0.6 is 11.3 Å². The van der Waals surface area contributed by atoms with Gasteiger partial charge in [-0.05, 0) is 50.5 Å². The van der Waals surface area contributed by atoms with Crippen LogP contribution in [0.5, 0.6) is 11.5 Å². The van der Waals surface area contributed by atoms with Crippen LogP contribution in [0, 0.1) is 0 Å². The third kappa shape index (κ3) is 5.38. The number of benzene rings is 1. The average Bonchev–Trinajstić information content (AvgIpc) is 3.29. The lowest BCUT2D eigenvalue weighted by Gasteiger charge is -2.12. The molecule has 1 fully saturated rings. The lowest BCUT2D eigenvalue weighted by molar-refractivity contribution is 0.356. The number of methoxy groups -OCH3 is 2. The topological polar surface area (TPSA) is 80.7 Å². The van der Waals surface area contributed by atoms with Gasteiger partial charge in [0.1, 0.15) is 5.69 Å². The van der Waals surface area contributed by atoms with Gasteiger partial charge in [-0.3, -0.25) is 0 Å². The van der Waals surface area contributed by atoms with E-state index in [2.05, 4.69) is 27.3 Å². The quantitative estimate of drug-likeness (QED) is 0.623. The summed E-state index contributed by atoms with van der Waals surface area (Å²) < 4.78 is 10.8. The van der Waals surface area contributed by atoms with E-state index in [4.69, 9.17) is 14.5 Å². The van der Waals surface area contributed by atoms with Gasteiger partial charge < -0.3 is 20.1 Å². The first kappa shape index (κ1) is 20.9. The molecule has 1 aromatic carbocycles. The van der Waals surface area contributed by atoms with E-state index in [1.54, 1.807) is 14.2 Å². The van der Waals surface area contributed by atoms with Crippen LogP contribution in [-0.2, 0) is 0 Å². The zero-order valence-corrected chi connectivity index (χ0v) is 17.5. The van der Waals surface area contributed by atoms with Crippen LogP contribution in [0.2, 0.25) is 0 Å². The maximum atomic E-state index is 5.49. The Morgan fingerprint density at radius 2 is 1.72 bits per heavy atom. The Kier molecular flexibility index (Phi) is 7.69. The van der Waals surface area contributed by atoms with Gasteiger partial charge in [-0.25, -0.2) is 15.0 Å². The third-order valence-corrected chi connectivity index (χ3v) is 5.05. The minimum absolute atomic E-state index is 0.631. The predicted molar refractivity (Wildman–Crippen MR) is 119 cm³/mol. The summed E-state index contributed by atoms with van der Waals surface area (Å²) in [5, 5.41) is 8.89. The molecule has 0 aliphatic carbocycles. The van der Waals surface area contributed by atoms with E-state index in [0.717, 1.165) is 29.3 Å². The fraction of sp³-hybridized carbons (Fsp3) is 0.286. The van der Waals surface area contributed by atoms with E-state index in [-0.39, 0.29) is 0 Å². The molecule has 3 aromatic rings. The van der Waals surface area contributed by atoms with Crippen molar-refractivity contribution in [2.24, 2.45) is 4.99 Å². The Hall–Kier alpha value is -2.81. The van der Waals surface area contributed by atoms with Gasteiger partial charge in [-0.2, -0.15) is 0 Å². The molecule has 0 amide bonds. The minimum atomic E-state index is 0.631. The van der Waals surface area contributed by atoms with Crippen LogP contribution in [-0.4, -0.2) is 50.7 Å². The molecule has 1 aliphatic rings. The fourth-order valence-electron chi connectivity index (χ4n) is 2.87. The van der Waals surface area contributed by atoms with Crippen molar-refractivity contribution in [3.05, 3.63) is 41.8 Å². The summed E-state index contributed by atoms with van der Waals surface area (Å²) in [6.07, 6.45) is 1.28. The van der Waals surface area contributed by atoms with Crippen molar-refractivity contribution in [3.8, 4) is 34.1 Å². The Labute approximate surface area is 174 Å². The molecule has 0 spiro atoms. The van der Waals surface area contributed by atoms with E-state index in [0.29, 0.717) is 16.6 Å². The standard InChI is InChI=1S/C17H15N3O2S.C4H10N2/c1-18-17-20-14(10-23-17)13-8-5-7-12(19-13)11-6-4-9-15(21-2)16(11)22-3;1-2-5-4-6-3-1/h4-10H,1H2,2-3H3;5-6H,1-4H2. The molecule has 0 unspecified atom stereocenters. The van der Waals surface area contributed by atoms with Crippen molar-refractivity contribution < 1.29 is 9.47 Å². The molecule has 0 saturated carbocycles. The monoisotopic (exact) mass is 411 g/mol. The van der Waals surface area contributed by atoms with Gasteiger partial charge in [-0.1, -0.05) is 12.1 Å². The normalized spacial score (nSPS) is 13.2. The molecule has 1 saturated heterocycles. The fourth-order valence-corrected chi connectivity index (χ4v) is 3.49. The number of rotatable bonds is 5. The first-order valence-electron chi connectivity index (χ1n) is 9.29. The molecular formula is C21H25N5O2S. The van der Waals surface area contributed by atoms with Crippen LogP contribution in [0.4, 0.5) is 5.13 Å². The largest absolute Gasteiger partial charge is 0.493 e. The highest BCUT2D eigenvalue weighted by molar-refractivity contribution is 7.13. The SMILES string of the molecule is C1CNCNC1.C=Nc1nc(-c2cccc(-c3cccc(OC)c3OC)n2)cs1. The van der Waals surface area contributed by atoms with Gasteiger partial charge in [0.25, 0.3) is 0 Å². The van der Waals surface area contributed by atoms with Crippen LogP contribution in [0.1, 0.15) is 6.42 Å². The summed E-state index contributed by atoms with van der Waals surface area (Å²) in [6, 6.07) is 11.5. The molecule has 1 aliphatic heterocycles. The molecule has 152 valence electrons. The van der Waals surface area contributed by atoms with E-state index in [1.807, 2.05) is 41.8 Å². The summed E-state index contributed by atoms with van der Waals surface area (Å²) in [4.78, 5) is 12.9. The molecule has 0 bridgehead atoms. The minimum Gasteiger partial charge on any atom is -0.493 e. The van der Waals surface area contributed by atoms with E-state index in [1.165, 1.54) is 30.8 Å². The molecule has 0 radical (unpaired) electrons. The molecular weight excluding hydrogens is 386 g/mol. The molecule has 4 rings (SSSR count). The predicted octanol–water partition coefficient (Wildman–Crippen LogP) is 3.75. The highest BCUT2D eigenvalue weighted by Gasteiger charge is 2.14. The molecule has 0 atom stereocenters. The first-order valence-corrected chi connectivity index (χ1v) is 10.2. The zero-order valence-electron chi connectivity index (χ0n) is 16.6. The number of aromatic nitrogens is 2. The molecule has 29 heavy (non-hydrogen) atoms. The maximum Gasteiger partial charge on any atom is 0.209 e. The summed E-state index contributed by atoms with van der Waals surface area (Å²) in [5.74, 6) is 1.33. The lowest BCUT2D eigenvalue weighted by atomic mass is 10.1. The third-order valence-electron chi connectivity index (χ3n) is 4.27. The van der Waals surface area contributed by atoms with Gasteiger partial charge >= 0.3 is 0 Å². The van der Waals surface area contributed by atoms with Crippen molar-refractivity contribution in [2.75, 3.05) is 34.0 Å². The molecule has 2 aromatic heterocycles. The molecule has 2 N–H and O–H groups in total. The Balaban J connectivity index is 0.000000343. The highest BCUT2D eigenvalue weighted by atomic mass is 32.1. The number of ether oxygens (including phenoxy) is 2. The number of nitrogens with one attached hydrogen (secondary N) is 2. The number of aliphatic imine (C=N–C) groups is 1. The Morgan fingerprint density at radius 1 is 0.966 bits per heavy atom. The Bertz CT molecular complexity index is 929. The second kappa shape index (κ2) is 10.7. The number of hydrogen-bond donors (Lipinski definition) is 2. The summed E-state index contributed by atoms with van der Waals surface area (Å²) in [5.41, 5.74) is 3.21. The van der Waals surface area contributed by atoms with Crippen molar-refractivity contribution in [1.29, 1.82) is 0 Å². The van der Waals surface area contributed by atoms with Crippen molar-refractivity contribution in [3.63, 3.8) is 0 Å². The summed E-state index contributed by atoms with van der Waals surface area (Å²) in [7, 11) is 3.23. The van der Waals surface area contributed by atoms with E-state index >= 15 is 0 Å². The molecule has 8 heteroatoms. The van der Waals surface area contributed by atoms with Crippen LogP contribution in [0.3, 0.4) is 0 Å². The van der Waals surface area contributed by atoms with Crippen LogP contribution in [0.25, 0.3) is 22.6 Å². The van der Waals surface area contributed by atoms with Crippen molar-refractivity contribution in [2.45, 2.75) is 6.42 Å². The number of nitrogens with zero attached hydrogens (tertiary/aromatic N) is 3. The number of para-hydroxylation sites is 1. The van der Waals surface area contributed by atoms with Crippen LogP contribution < -0.4 is 20.1 Å². The smallest absolute Gasteiger partial charge is 0.209 e. The Morgan fingerprint density at radius 3 is 2.31 bits per heavy atom. The van der Waals surface area contributed by atoms with Crippen LogP contribution in [0.15, 0.2) is 46.8 Å². The lowest BCUT2D eigenvalue weighted by Crippen LogP contribution is -2.37. The molecule has 3 heterocycles. The van der Waals surface area contributed by atoms with Crippen molar-refractivity contribution >= 4 is 23.2 Å². The van der Waals surface area contributed by atoms with Gasteiger partial charge in [0.2, 0.25) is 5.13 Å². The zero-order chi connectivity index (χ0) is 20.5. The maximum absolute atomic E-state index is 5.49. The second-order valence-corrected chi connectivity index (χ2v) is 6.99. The highest BCUT2D eigenvalue weighted by Crippen LogP contribution is 2.37. The van der Waals surface area contributed by atoms with Crippen molar-refractivity contribution in [1.82, 2.24) is 20.6 Å². The average molecular weight is 412 g/mol. The second-order valence-electron chi connectivity index (χ2n) is 6.15. The first-order chi connectivity index (χ1) is 14.3. The molecule has 7 nitrogen and oxygen atoms in total.